The van der Waals surface area contributed by atoms with Gasteiger partial charge in [-0.2, -0.15) is 0 Å². The van der Waals surface area contributed by atoms with Gasteiger partial charge in [0.05, 0.1) is 0 Å². The van der Waals surface area contributed by atoms with Gasteiger partial charge in [0, 0.05) is 0 Å². The van der Waals surface area contributed by atoms with Crippen LogP contribution in [0.15, 0.2) is 12.7 Å². The highest BCUT2D eigenvalue weighted by atomic mass is 14.1. The Bertz CT molecular complexity index is 105. The molecule has 0 aromatic rings. The monoisotopic (exact) mass is 195 g/mol. The van der Waals surface area contributed by atoms with Gasteiger partial charge >= 0.3 is 0 Å². The summed E-state index contributed by atoms with van der Waals surface area (Å²) >= 11 is 0. The minimum Gasteiger partial charge on any atom is -0.103 e. The molecule has 0 aliphatic heterocycles. The van der Waals surface area contributed by atoms with Gasteiger partial charge in [-0.3, -0.25) is 0 Å². The summed E-state index contributed by atoms with van der Waals surface area (Å²) in [6.45, 7) is 8.34. The lowest BCUT2D eigenvalue weighted by Gasteiger charge is -2.13. The van der Waals surface area contributed by atoms with Gasteiger partial charge in [0.2, 0.25) is 0 Å². The van der Waals surface area contributed by atoms with E-state index in [-0.39, 0.29) is 0 Å². The molecule has 0 saturated heterocycles. The standard InChI is InChI=1S/C14H27/c1-4-7-9-12-14(11-6-3)13-10-8-5-2/h6,11,14H,3-5,7-10,12-13H2,1-2H3. The van der Waals surface area contributed by atoms with E-state index in [9.17, 15) is 0 Å². The molecular formula is C14H27. The van der Waals surface area contributed by atoms with Gasteiger partial charge in [-0.15, -0.1) is 6.58 Å². The number of hydrogen-bond acceptors (Lipinski definition) is 0. The summed E-state index contributed by atoms with van der Waals surface area (Å²) in [5.74, 6) is 0.797. The molecule has 0 aliphatic rings. The van der Waals surface area contributed by atoms with Crippen LogP contribution in [-0.4, -0.2) is 0 Å². The third-order valence-corrected chi connectivity index (χ3v) is 2.77. The van der Waals surface area contributed by atoms with Crippen molar-refractivity contribution in [2.45, 2.75) is 65.2 Å². The van der Waals surface area contributed by atoms with Crippen LogP contribution in [-0.2, 0) is 0 Å². The van der Waals surface area contributed by atoms with E-state index in [0.29, 0.717) is 0 Å². The molecule has 83 valence electrons. The van der Waals surface area contributed by atoms with Crippen molar-refractivity contribution >= 4 is 0 Å². The fourth-order valence-electron chi connectivity index (χ4n) is 1.84. The van der Waals surface area contributed by atoms with Gasteiger partial charge < -0.3 is 0 Å². The highest BCUT2D eigenvalue weighted by molar-refractivity contribution is 4.92. The fourth-order valence-corrected chi connectivity index (χ4v) is 1.84. The Morgan fingerprint density at radius 3 is 1.79 bits per heavy atom. The molecule has 0 rings (SSSR count). The smallest absolute Gasteiger partial charge is 0.0142 e. The maximum atomic E-state index is 3.80. The average molecular weight is 195 g/mol. The predicted molar refractivity (Wildman–Crippen MR) is 66.3 cm³/mol. The van der Waals surface area contributed by atoms with E-state index in [4.69, 9.17) is 0 Å². The number of rotatable bonds is 10. The summed E-state index contributed by atoms with van der Waals surface area (Å²) < 4.78 is 0. The second-order valence-electron chi connectivity index (χ2n) is 4.18. The summed E-state index contributed by atoms with van der Waals surface area (Å²) in [4.78, 5) is 0. The van der Waals surface area contributed by atoms with Crippen molar-refractivity contribution in [2.75, 3.05) is 0 Å². The SMILES string of the molecule is C=C[CH]C(CCCCC)CCCCC. The van der Waals surface area contributed by atoms with E-state index in [1.807, 2.05) is 6.08 Å². The first kappa shape index (κ1) is 13.7. The lowest BCUT2D eigenvalue weighted by atomic mass is 9.92. The molecule has 0 saturated carbocycles. The van der Waals surface area contributed by atoms with Gasteiger partial charge in [-0.1, -0.05) is 58.4 Å². The van der Waals surface area contributed by atoms with Crippen LogP contribution in [0.2, 0.25) is 0 Å². The van der Waals surface area contributed by atoms with Crippen LogP contribution < -0.4 is 0 Å². The minimum atomic E-state index is 0.797. The third kappa shape index (κ3) is 8.34. The quantitative estimate of drug-likeness (QED) is 0.423. The summed E-state index contributed by atoms with van der Waals surface area (Å²) in [7, 11) is 0. The van der Waals surface area contributed by atoms with E-state index in [1.54, 1.807) is 0 Å². The molecule has 0 N–H and O–H groups in total. The van der Waals surface area contributed by atoms with Crippen LogP contribution in [0.25, 0.3) is 0 Å². The van der Waals surface area contributed by atoms with Crippen molar-refractivity contribution in [2.24, 2.45) is 5.92 Å². The molecule has 0 aromatic carbocycles. The van der Waals surface area contributed by atoms with Crippen molar-refractivity contribution in [3.8, 4) is 0 Å². The Labute approximate surface area is 90.8 Å². The number of hydrogen-bond donors (Lipinski definition) is 0. The van der Waals surface area contributed by atoms with Crippen molar-refractivity contribution in [3.05, 3.63) is 19.1 Å². The molecule has 1 radical (unpaired) electrons. The summed E-state index contributed by atoms with van der Waals surface area (Å²) in [5, 5.41) is 0. The molecular weight excluding hydrogens is 168 g/mol. The lowest BCUT2D eigenvalue weighted by molar-refractivity contribution is 0.465. The van der Waals surface area contributed by atoms with Gasteiger partial charge in [0.25, 0.3) is 0 Å². The molecule has 0 amide bonds. The number of allylic oxidation sites excluding steroid dienone is 1. The van der Waals surface area contributed by atoms with Gasteiger partial charge in [-0.25, -0.2) is 0 Å². The van der Waals surface area contributed by atoms with Crippen molar-refractivity contribution in [3.63, 3.8) is 0 Å². The van der Waals surface area contributed by atoms with Gasteiger partial charge in [-0.05, 0) is 25.2 Å². The zero-order valence-electron chi connectivity index (χ0n) is 10.1. The van der Waals surface area contributed by atoms with E-state index in [1.165, 1.54) is 51.4 Å². The normalized spacial score (nSPS) is 10.8. The third-order valence-electron chi connectivity index (χ3n) is 2.77. The van der Waals surface area contributed by atoms with Crippen LogP contribution >= 0.6 is 0 Å². The van der Waals surface area contributed by atoms with Crippen LogP contribution in [0.3, 0.4) is 0 Å². The maximum absolute atomic E-state index is 3.80. The second kappa shape index (κ2) is 10.8. The van der Waals surface area contributed by atoms with E-state index >= 15 is 0 Å². The second-order valence-corrected chi connectivity index (χ2v) is 4.18. The first-order valence-electron chi connectivity index (χ1n) is 6.31. The van der Waals surface area contributed by atoms with Crippen LogP contribution in [0.4, 0.5) is 0 Å². The Balaban J connectivity index is 3.49. The number of unbranched alkanes of at least 4 members (excludes halogenated alkanes) is 4. The molecule has 0 heterocycles. The molecule has 0 heteroatoms. The van der Waals surface area contributed by atoms with Gasteiger partial charge in [0.1, 0.15) is 0 Å². The molecule has 0 bridgehead atoms. The molecule has 0 aromatic heterocycles. The van der Waals surface area contributed by atoms with Crippen LogP contribution in [0, 0.1) is 12.3 Å². The molecule has 14 heavy (non-hydrogen) atoms. The Morgan fingerprint density at radius 1 is 0.929 bits per heavy atom. The van der Waals surface area contributed by atoms with Crippen molar-refractivity contribution in [1.29, 1.82) is 0 Å². The Hall–Kier alpha value is -0.260. The maximum Gasteiger partial charge on any atom is -0.0142 e. The summed E-state index contributed by atoms with van der Waals surface area (Å²) in [6.07, 6.45) is 15.2. The van der Waals surface area contributed by atoms with E-state index in [2.05, 4.69) is 26.8 Å². The lowest BCUT2D eigenvalue weighted by Crippen LogP contribution is -2.00. The highest BCUT2D eigenvalue weighted by Gasteiger charge is 2.05. The molecule has 0 spiro atoms. The molecule has 0 nitrogen and oxygen atoms in total. The van der Waals surface area contributed by atoms with E-state index in [0.717, 1.165) is 5.92 Å². The Kier molecular flexibility index (Phi) is 10.6. The molecule has 0 aliphatic carbocycles. The summed E-state index contributed by atoms with van der Waals surface area (Å²) in [6, 6.07) is 0. The highest BCUT2D eigenvalue weighted by Crippen LogP contribution is 2.20. The zero-order valence-corrected chi connectivity index (χ0v) is 10.1. The Morgan fingerprint density at radius 2 is 1.43 bits per heavy atom. The van der Waals surface area contributed by atoms with Crippen molar-refractivity contribution in [1.82, 2.24) is 0 Å². The topological polar surface area (TPSA) is 0 Å². The molecule has 0 unspecified atom stereocenters. The first-order valence-corrected chi connectivity index (χ1v) is 6.31. The largest absolute Gasteiger partial charge is 0.103 e. The van der Waals surface area contributed by atoms with Crippen LogP contribution in [0.5, 0.6) is 0 Å². The fraction of sp³-hybridized carbons (Fsp3) is 0.786. The molecule has 0 fully saturated rings. The zero-order chi connectivity index (χ0) is 10.6. The van der Waals surface area contributed by atoms with Gasteiger partial charge in [0.15, 0.2) is 0 Å². The minimum absolute atomic E-state index is 0.797. The predicted octanol–water partition coefficient (Wildman–Crippen LogP) is 5.15. The summed E-state index contributed by atoms with van der Waals surface area (Å²) in [5.41, 5.74) is 0. The average Bonchev–Trinajstić information content (AvgIpc) is 2.18. The first-order chi connectivity index (χ1) is 6.85. The van der Waals surface area contributed by atoms with Crippen molar-refractivity contribution < 1.29 is 0 Å². The van der Waals surface area contributed by atoms with Crippen LogP contribution in [0.1, 0.15) is 65.2 Å². The van der Waals surface area contributed by atoms with E-state index < -0.39 is 0 Å². The molecule has 0 atom stereocenters.